The van der Waals surface area contributed by atoms with Crippen LogP contribution in [0.25, 0.3) is 0 Å². The fourth-order valence-electron chi connectivity index (χ4n) is 2.45. The lowest BCUT2D eigenvalue weighted by atomic mass is 10.1. The zero-order chi connectivity index (χ0) is 17.5. The van der Waals surface area contributed by atoms with E-state index in [1.54, 1.807) is 14.2 Å². The van der Waals surface area contributed by atoms with Crippen molar-refractivity contribution in [1.82, 2.24) is 4.90 Å². The smallest absolute Gasteiger partial charge is 0.223 e. The molecule has 0 bridgehead atoms. The molecule has 2 rings (SSSR count). The van der Waals surface area contributed by atoms with Crippen molar-refractivity contribution >= 4 is 28.8 Å². The SMILES string of the molecule is CCN(Cc1ccc(Cl)s1)C(=O)CCc1ccc(OC)c(OC)c1. The average molecular weight is 368 g/mol. The number of amides is 1. The maximum absolute atomic E-state index is 12.5. The molecule has 0 fully saturated rings. The summed E-state index contributed by atoms with van der Waals surface area (Å²) in [5.74, 6) is 1.51. The molecule has 1 amide bonds. The Hall–Kier alpha value is -1.72. The van der Waals surface area contributed by atoms with Crippen molar-refractivity contribution in [3.63, 3.8) is 0 Å². The predicted octanol–water partition coefficient (Wildman–Crippen LogP) is 4.40. The zero-order valence-corrected chi connectivity index (χ0v) is 15.7. The molecule has 4 nitrogen and oxygen atoms in total. The van der Waals surface area contributed by atoms with Gasteiger partial charge < -0.3 is 14.4 Å². The van der Waals surface area contributed by atoms with E-state index in [-0.39, 0.29) is 5.91 Å². The van der Waals surface area contributed by atoms with Gasteiger partial charge in [0, 0.05) is 17.8 Å². The maximum Gasteiger partial charge on any atom is 0.223 e. The van der Waals surface area contributed by atoms with Gasteiger partial charge in [0.15, 0.2) is 11.5 Å². The number of carbonyl (C=O) groups is 1. The molecule has 0 aliphatic carbocycles. The summed E-state index contributed by atoms with van der Waals surface area (Å²) in [6, 6.07) is 9.58. The number of rotatable bonds is 8. The Balaban J connectivity index is 1.95. The lowest BCUT2D eigenvalue weighted by molar-refractivity contribution is -0.131. The number of nitrogens with zero attached hydrogens (tertiary/aromatic N) is 1. The molecule has 0 unspecified atom stereocenters. The monoisotopic (exact) mass is 367 g/mol. The number of hydrogen-bond donors (Lipinski definition) is 0. The quantitative estimate of drug-likeness (QED) is 0.694. The van der Waals surface area contributed by atoms with E-state index in [0.717, 1.165) is 14.8 Å². The third kappa shape index (κ3) is 4.89. The number of halogens is 1. The largest absolute Gasteiger partial charge is 0.493 e. The van der Waals surface area contributed by atoms with Crippen molar-refractivity contribution in [3.8, 4) is 11.5 Å². The topological polar surface area (TPSA) is 38.8 Å². The number of ether oxygens (including phenoxy) is 2. The van der Waals surface area contributed by atoms with Crippen molar-refractivity contribution in [1.29, 1.82) is 0 Å². The highest BCUT2D eigenvalue weighted by Crippen LogP contribution is 2.28. The van der Waals surface area contributed by atoms with E-state index in [4.69, 9.17) is 21.1 Å². The summed E-state index contributed by atoms with van der Waals surface area (Å²) in [5.41, 5.74) is 1.05. The number of benzene rings is 1. The first-order valence-electron chi connectivity index (χ1n) is 7.80. The fourth-order valence-corrected chi connectivity index (χ4v) is 3.55. The molecule has 130 valence electrons. The van der Waals surface area contributed by atoms with Gasteiger partial charge in [0.05, 0.1) is 25.1 Å². The van der Waals surface area contributed by atoms with E-state index < -0.39 is 0 Å². The molecule has 1 aromatic heterocycles. The van der Waals surface area contributed by atoms with E-state index in [2.05, 4.69) is 0 Å². The van der Waals surface area contributed by atoms with E-state index in [1.807, 2.05) is 42.2 Å². The molecule has 0 radical (unpaired) electrons. The van der Waals surface area contributed by atoms with Gasteiger partial charge in [0.2, 0.25) is 5.91 Å². The number of thiophene rings is 1. The summed E-state index contributed by atoms with van der Waals surface area (Å²) < 4.78 is 11.3. The Kier molecular flexibility index (Phi) is 6.94. The first-order chi connectivity index (χ1) is 11.6. The summed E-state index contributed by atoms with van der Waals surface area (Å²) in [6.07, 6.45) is 1.13. The van der Waals surface area contributed by atoms with Crippen LogP contribution in [0.15, 0.2) is 30.3 Å². The number of hydrogen-bond acceptors (Lipinski definition) is 4. The fraction of sp³-hybridized carbons (Fsp3) is 0.389. The van der Waals surface area contributed by atoms with Gasteiger partial charge in [-0.1, -0.05) is 17.7 Å². The zero-order valence-electron chi connectivity index (χ0n) is 14.2. The lowest BCUT2D eigenvalue weighted by Crippen LogP contribution is -2.30. The number of carbonyl (C=O) groups excluding carboxylic acids is 1. The Morgan fingerprint density at radius 3 is 2.50 bits per heavy atom. The van der Waals surface area contributed by atoms with Crippen LogP contribution >= 0.6 is 22.9 Å². The second kappa shape index (κ2) is 8.94. The van der Waals surface area contributed by atoms with Crippen LogP contribution in [-0.4, -0.2) is 31.6 Å². The molecule has 0 N–H and O–H groups in total. The summed E-state index contributed by atoms with van der Waals surface area (Å²) in [5, 5.41) is 0. The third-order valence-electron chi connectivity index (χ3n) is 3.79. The van der Waals surface area contributed by atoms with E-state index in [9.17, 15) is 4.79 Å². The van der Waals surface area contributed by atoms with Gasteiger partial charge in [0.1, 0.15) is 0 Å². The van der Waals surface area contributed by atoms with Crippen LogP contribution in [0, 0.1) is 0 Å². The van der Waals surface area contributed by atoms with Crippen molar-refractivity contribution in [2.45, 2.75) is 26.3 Å². The van der Waals surface area contributed by atoms with Crippen molar-refractivity contribution in [2.75, 3.05) is 20.8 Å². The molecule has 0 atom stereocenters. The first kappa shape index (κ1) is 18.6. The lowest BCUT2D eigenvalue weighted by Gasteiger charge is -2.20. The molecule has 24 heavy (non-hydrogen) atoms. The van der Waals surface area contributed by atoms with Crippen molar-refractivity contribution < 1.29 is 14.3 Å². The summed E-state index contributed by atoms with van der Waals surface area (Å²) in [6.45, 7) is 3.28. The maximum atomic E-state index is 12.5. The molecular formula is C18H22ClNO3S. The van der Waals surface area contributed by atoms with Gasteiger partial charge in [-0.3, -0.25) is 4.79 Å². The average Bonchev–Trinajstić information content (AvgIpc) is 3.02. The molecule has 0 saturated heterocycles. The Labute approximate surface area is 152 Å². The molecule has 0 spiro atoms. The minimum atomic E-state index is 0.136. The molecular weight excluding hydrogens is 346 g/mol. The van der Waals surface area contributed by atoms with Crippen molar-refractivity contribution in [3.05, 3.63) is 45.1 Å². The van der Waals surface area contributed by atoms with Crippen LogP contribution < -0.4 is 9.47 Å². The normalized spacial score (nSPS) is 10.5. The van der Waals surface area contributed by atoms with Crippen LogP contribution in [0.5, 0.6) is 11.5 Å². The molecule has 1 heterocycles. The van der Waals surface area contributed by atoms with Crippen molar-refractivity contribution in [2.24, 2.45) is 0 Å². The minimum absolute atomic E-state index is 0.136. The highest BCUT2D eigenvalue weighted by Gasteiger charge is 2.14. The number of aryl methyl sites for hydroxylation is 1. The van der Waals surface area contributed by atoms with Gasteiger partial charge in [-0.05, 0) is 43.2 Å². The van der Waals surface area contributed by atoms with Crippen LogP contribution in [0.4, 0.5) is 0 Å². The predicted molar refractivity (Wildman–Crippen MR) is 98.3 cm³/mol. The Bertz CT molecular complexity index is 687. The second-order valence-corrected chi connectivity index (χ2v) is 7.10. The van der Waals surface area contributed by atoms with Crippen LogP contribution in [0.3, 0.4) is 0 Å². The molecule has 0 saturated carbocycles. The molecule has 1 aromatic carbocycles. The number of methoxy groups -OCH3 is 2. The molecule has 6 heteroatoms. The van der Waals surface area contributed by atoms with E-state index in [1.165, 1.54) is 11.3 Å². The van der Waals surface area contributed by atoms with Gasteiger partial charge in [-0.15, -0.1) is 11.3 Å². The van der Waals surface area contributed by atoms with Gasteiger partial charge >= 0.3 is 0 Å². The Morgan fingerprint density at radius 2 is 1.92 bits per heavy atom. The van der Waals surface area contributed by atoms with E-state index in [0.29, 0.717) is 37.4 Å². The van der Waals surface area contributed by atoms with E-state index >= 15 is 0 Å². The second-order valence-electron chi connectivity index (χ2n) is 5.30. The van der Waals surface area contributed by atoms with Crippen LogP contribution in [0.1, 0.15) is 23.8 Å². The van der Waals surface area contributed by atoms with Crippen LogP contribution in [-0.2, 0) is 17.8 Å². The standard InChI is InChI=1S/C18H22ClNO3S/c1-4-20(12-14-7-9-17(19)24-14)18(21)10-6-13-5-8-15(22-2)16(11-13)23-3/h5,7-9,11H,4,6,10,12H2,1-3H3. The van der Waals surface area contributed by atoms with Gasteiger partial charge in [0.25, 0.3) is 0 Å². The first-order valence-corrected chi connectivity index (χ1v) is 8.99. The summed E-state index contributed by atoms with van der Waals surface area (Å²) in [4.78, 5) is 15.4. The highest BCUT2D eigenvalue weighted by molar-refractivity contribution is 7.16. The summed E-state index contributed by atoms with van der Waals surface area (Å²) >= 11 is 7.47. The van der Waals surface area contributed by atoms with Gasteiger partial charge in [-0.25, -0.2) is 0 Å². The molecule has 0 aliphatic rings. The van der Waals surface area contributed by atoms with Crippen LogP contribution in [0.2, 0.25) is 4.34 Å². The minimum Gasteiger partial charge on any atom is -0.493 e. The molecule has 0 aliphatic heterocycles. The molecule has 2 aromatic rings. The highest BCUT2D eigenvalue weighted by atomic mass is 35.5. The van der Waals surface area contributed by atoms with Gasteiger partial charge in [-0.2, -0.15) is 0 Å². The third-order valence-corrected chi connectivity index (χ3v) is 5.00. The summed E-state index contributed by atoms with van der Waals surface area (Å²) in [7, 11) is 3.22. The Morgan fingerprint density at radius 1 is 1.17 bits per heavy atom.